The van der Waals surface area contributed by atoms with Crippen LogP contribution in [-0.4, -0.2) is 44.2 Å². The number of rotatable bonds is 6. The normalized spacial score (nSPS) is 16.7. The molecule has 0 aromatic heterocycles. The molecular weight excluding hydrogens is 363 g/mol. The Labute approximate surface area is 167 Å². The highest BCUT2D eigenvalue weighted by atomic mass is 35.5. The molecule has 1 fully saturated rings. The van der Waals surface area contributed by atoms with E-state index in [-0.39, 0.29) is 18.2 Å². The SMILES string of the molecule is Cl.Fc1cccc(N2CCN(CCCOc3ccc4c(c3)CCC4)CC2)c1. The number of halogens is 2. The number of nitrogens with zero attached hydrogens (tertiary/aromatic N) is 2. The van der Waals surface area contributed by atoms with Gasteiger partial charge in [-0.1, -0.05) is 12.1 Å². The zero-order chi connectivity index (χ0) is 17.8. The lowest BCUT2D eigenvalue weighted by atomic mass is 10.1. The predicted molar refractivity (Wildman–Crippen MR) is 111 cm³/mol. The summed E-state index contributed by atoms with van der Waals surface area (Å²) in [4.78, 5) is 4.74. The van der Waals surface area contributed by atoms with Crippen molar-refractivity contribution in [1.29, 1.82) is 0 Å². The first-order valence-electron chi connectivity index (χ1n) is 9.75. The fourth-order valence-corrected chi connectivity index (χ4v) is 4.02. The topological polar surface area (TPSA) is 15.7 Å². The molecule has 2 aromatic carbocycles. The van der Waals surface area contributed by atoms with E-state index in [1.165, 1.54) is 36.5 Å². The Bertz CT molecular complexity index is 747. The van der Waals surface area contributed by atoms with Gasteiger partial charge in [0, 0.05) is 38.4 Å². The molecule has 146 valence electrons. The van der Waals surface area contributed by atoms with Crippen LogP contribution in [-0.2, 0) is 12.8 Å². The van der Waals surface area contributed by atoms with E-state index in [0.29, 0.717) is 0 Å². The van der Waals surface area contributed by atoms with Crippen molar-refractivity contribution in [2.75, 3.05) is 44.2 Å². The molecule has 1 heterocycles. The standard InChI is InChI=1S/C22H27FN2O.ClH/c23-20-6-2-7-21(17-20)25-13-11-24(12-14-25)10-3-15-26-22-9-8-18-4-1-5-19(18)16-22;/h2,6-9,16-17H,1,3-5,10-15H2;1H. The predicted octanol–water partition coefficient (Wildman–Crippen LogP) is 4.33. The van der Waals surface area contributed by atoms with Crippen LogP contribution in [0.15, 0.2) is 42.5 Å². The monoisotopic (exact) mass is 390 g/mol. The molecule has 0 N–H and O–H groups in total. The average molecular weight is 391 g/mol. The molecule has 0 spiro atoms. The maximum Gasteiger partial charge on any atom is 0.125 e. The number of fused-ring (bicyclic) bond motifs is 1. The van der Waals surface area contributed by atoms with Crippen molar-refractivity contribution in [2.24, 2.45) is 0 Å². The molecule has 0 atom stereocenters. The van der Waals surface area contributed by atoms with Crippen molar-refractivity contribution >= 4 is 18.1 Å². The van der Waals surface area contributed by atoms with Gasteiger partial charge in [0.25, 0.3) is 0 Å². The maximum atomic E-state index is 13.4. The zero-order valence-electron chi connectivity index (χ0n) is 15.7. The van der Waals surface area contributed by atoms with Gasteiger partial charge in [0.1, 0.15) is 11.6 Å². The lowest BCUT2D eigenvalue weighted by Gasteiger charge is -2.36. The summed E-state index contributed by atoms with van der Waals surface area (Å²) in [6, 6.07) is 13.5. The Hall–Kier alpha value is -1.78. The van der Waals surface area contributed by atoms with Crippen molar-refractivity contribution in [1.82, 2.24) is 4.90 Å². The van der Waals surface area contributed by atoms with Gasteiger partial charge < -0.3 is 9.64 Å². The fourth-order valence-electron chi connectivity index (χ4n) is 4.02. The summed E-state index contributed by atoms with van der Waals surface area (Å²) in [6.07, 6.45) is 4.73. The second-order valence-corrected chi connectivity index (χ2v) is 7.29. The Morgan fingerprint density at radius 3 is 2.56 bits per heavy atom. The van der Waals surface area contributed by atoms with Crippen molar-refractivity contribution in [3.63, 3.8) is 0 Å². The number of benzene rings is 2. The number of anilines is 1. The Kier molecular flexibility index (Phi) is 6.97. The van der Waals surface area contributed by atoms with E-state index >= 15 is 0 Å². The van der Waals surface area contributed by atoms with Crippen LogP contribution >= 0.6 is 12.4 Å². The van der Waals surface area contributed by atoms with Gasteiger partial charge >= 0.3 is 0 Å². The van der Waals surface area contributed by atoms with Gasteiger partial charge in [-0.3, -0.25) is 4.90 Å². The third kappa shape index (κ3) is 5.14. The van der Waals surface area contributed by atoms with Crippen molar-refractivity contribution in [3.05, 3.63) is 59.4 Å². The van der Waals surface area contributed by atoms with Gasteiger partial charge in [0.15, 0.2) is 0 Å². The van der Waals surface area contributed by atoms with E-state index in [1.807, 2.05) is 6.07 Å². The Morgan fingerprint density at radius 2 is 1.74 bits per heavy atom. The molecule has 1 aliphatic heterocycles. The van der Waals surface area contributed by atoms with Gasteiger partial charge in [-0.15, -0.1) is 12.4 Å². The summed E-state index contributed by atoms with van der Waals surface area (Å²) in [5.41, 5.74) is 3.95. The Morgan fingerprint density at radius 1 is 0.926 bits per heavy atom. The highest BCUT2D eigenvalue weighted by molar-refractivity contribution is 5.85. The highest BCUT2D eigenvalue weighted by Gasteiger charge is 2.17. The van der Waals surface area contributed by atoms with E-state index in [1.54, 1.807) is 12.1 Å². The van der Waals surface area contributed by atoms with E-state index in [2.05, 4.69) is 28.0 Å². The molecule has 0 radical (unpaired) electrons. The summed E-state index contributed by atoms with van der Waals surface area (Å²) in [5, 5.41) is 0. The highest BCUT2D eigenvalue weighted by Crippen LogP contribution is 2.26. The van der Waals surface area contributed by atoms with Gasteiger partial charge in [0.05, 0.1) is 6.61 Å². The van der Waals surface area contributed by atoms with Gasteiger partial charge in [-0.2, -0.15) is 0 Å². The number of aryl methyl sites for hydroxylation is 2. The molecule has 0 saturated carbocycles. The van der Waals surface area contributed by atoms with E-state index < -0.39 is 0 Å². The summed E-state index contributed by atoms with van der Waals surface area (Å²) in [5.74, 6) is 0.857. The van der Waals surface area contributed by atoms with E-state index in [4.69, 9.17) is 4.74 Å². The first-order valence-corrected chi connectivity index (χ1v) is 9.75. The fraction of sp³-hybridized carbons (Fsp3) is 0.455. The second-order valence-electron chi connectivity index (χ2n) is 7.29. The minimum absolute atomic E-state index is 0. The molecule has 27 heavy (non-hydrogen) atoms. The van der Waals surface area contributed by atoms with E-state index in [9.17, 15) is 4.39 Å². The van der Waals surface area contributed by atoms with Gasteiger partial charge in [-0.25, -0.2) is 4.39 Å². The van der Waals surface area contributed by atoms with Crippen molar-refractivity contribution in [3.8, 4) is 5.75 Å². The third-order valence-corrected chi connectivity index (χ3v) is 5.50. The van der Waals surface area contributed by atoms with Crippen LogP contribution in [0.3, 0.4) is 0 Å². The lowest BCUT2D eigenvalue weighted by Crippen LogP contribution is -2.46. The van der Waals surface area contributed by atoms with Crippen LogP contribution in [0.5, 0.6) is 5.75 Å². The van der Waals surface area contributed by atoms with Crippen LogP contribution in [0, 0.1) is 5.82 Å². The van der Waals surface area contributed by atoms with Gasteiger partial charge in [0.2, 0.25) is 0 Å². The minimum atomic E-state index is -0.159. The first kappa shape index (κ1) is 20.0. The first-order chi connectivity index (χ1) is 12.8. The molecule has 5 heteroatoms. The number of hydrogen-bond donors (Lipinski definition) is 0. The van der Waals surface area contributed by atoms with Crippen LogP contribution < -0.4 is 9.64 Å². The van der Waals surface area contributed by atoms with Crippen LogP contribution in [0.1, 0.15) is 24.0 Å². The molecule has 0 amide bonds. The Balaban J connectivity index is 0.00000210. The van der Waals surface area contributed by atoms with Crippen molar-refractivity contribution < 1.29 is 9.13 Å². The smallest absolute Gasteiger partial charge is 0.125 e. The van der Waals surface area contributed by atoms with Crippen LogP contribution in [0.4, 0.5) is 10.1 Å². The zero-order valence-corrected chi connectivity index (χ0v) is 16.5. The average Bonchev–Trinajstić information content (AvgIpc) is 3.14. The molecule has 2 aliphatic rings. The maximum absolute atomic E-state index is 13.4. The van der Waals surface area contributed by atoms with E-state index in [0.717, 1.165) is 57.2 Å². The molecule has 2 aromatic rings. The lowest BCUT2D eigenvalue weighted by molar-refractivity contribution is 0.224. The molecule has 3 nitrogen and oxygen atoms in total. The minimum Gasteiger partial charge on any atom is -0.494 e. The molecule has 0 unspecified atom stereocenters. The summed E-state index contributed by atoms with van der Waals surface area (Å²) < 4.78 is 19.3. The number of ether oxygens (including phenoxy) is 1. The molecule has 1 saturated heterocycles. The van der Waals surface area contributed by atoms with Gasteiger partial charge in [-0.05, 0) is 67.1 Å². The molecule has 4 rings (SSSR count). The summed E-state index contributed by atoms with van der Waals surface area (Å²) >= 11 is 0. The van der Waals surface area contributed by atoms with Crippen LogP contribution in [0.25, 0.3) is 0 Å². The second kappa shape index (κ2) is 9.43. The number of piperazine rings is 1. The molecular formula is C22H28ClFN2O. The summed E-state index contributed by atoms with van der Waals surface area (Å²) in [6.45, 7) is 5.78. The van der Waals surface area contributed by atoms with Crippen LogP contribution in [0.2, 0.25) is 0 Å². The molecule has 1 aliphatic carbocycles. The van der Waals surface area contributed by atoms with Crippen molar-refractivity contribution in [2.45, 2.75) is 25.7 Å². The largest absolute Gasteiger partial charge is 0.494 e. The molecule has 0 bridgehead atoms. The summed E-state index contributed by atoms with van der Waals surface area (Å²) in [7, 11) is 0. The number of hydrogen-bond acceptors (Lipinski definition) is 3. The quantitative estimate of drug-likeness (QED) is 0.683. The third-order valence-electron chi connectivity index (χ3n) is 5.50.